The molecular formula is C11H17N2O2S+. The van der Waals surface area contributed by atoms with Gasteiger partial charge in [0.25, 0.3) is 10.0 Å². The van der Waals surface area contributed by atoms with E-state index in [1.54, 1.807) is 0 Å². The molecule has 1 aromatic carbocycles. The quantitative estimate of drug-likeness (QED) is 0.769. The maximum Gasteiger partial charge on any atom is 0.299 e. The van der Waals surface area contributed by atoms with E-state index in [9.17, 15) is 8.42 Å². The smallest absolute Gasteiger partial charge is 0.299 e. The van der Waals surface area contributed by atoms with Crippen molar-refractivity contribution in [1.82, 2.24) is 9.21 Å². The number of hydrogen-bond donors (Lipinski definition) is 1. The molecule has 1 fully saturated rings. The fourth-order valence-electron chi connectivity index (χ4n) is 2.24. The summed E-state index contributed by atoms with van der Waals surface area (Å²) in [5.41, 5.74) is 0.867. The van der Waals surface area contributed by atoms with Gasteiger partial charge in [-0.1, -0.05) is 18.2 Å². The molecule has 0 saturated carbocycles. The second-order valence-electron chi connectivity index (χ2n) is 4.16. The lowest BCUT2D eigenvalue weighted by Crippen LogP contribution is -2.62. The molecule has 0 amide bonds. The van der Waals surface area contributed by atoms with Crippen molar-refractivity contribution >= 4 is 15.7 Å². The summed E-state index contributed by atoms with van der Waals surface area (Å²) in [7, 11) is -3.14. The number of quaternary nitrogens is 1. The van der Waals surface area contributed by atoms with Crippen molar-refractivity contribution in [2.75, 3.05) is 32.4 Å². The van der Waals surface area contributed by atoms with Crippen molar-refractivity contribution in [3.8, 4) is 0 Å². The van der Waals surface area contributed by atoms with E-state index in [2.05, 4.69) is 5.32 Å². The lowest BCUT2D eigenvalue weighted by molar-refractivity contribution is 0.357. The van der Waals surface area contributed by atoms with Crippen LogP contribution in [0.25, 0.3) is 0 Å². The van der Waals surface area contributed by atoms with E-state index in [-0.39, 0.29) is 3.89 Å². The number of rotatable bonds is 2. The fraction of sp³-hybridized carbons (Fsp3) is 0.455. The molecule has 0 radical (unpaired) electrons. The molecule has 1 heterocycles. The summed E-state index contributed by atoms with van der Waals surface area (Å²) in [5, 5.41) is 3.20. The highest BCUT2D eigenvalue weighted by atomic mass is 32.2. The predicted molar refractivity (Wildman–Crippen MR) is 65.7 cm³/mol. The van der Waals surface area contributed by atoms with Crippen LogP contribution in [0.5, 0.6) is 0 Å². The number of nitrogens with zero attached hydrogens (tertiary/aromatic N) is 1. The topological polar surface area (TPSA) is 46.2 Å². The highest BCUT2D eigenvalue weighted by molar-refractivity contribution is 7.90. The van der Waals surface area contributed by atoms with Gasteiger partial charge in [0, 0.05) is 25.2 Å². The first-order chi connectivity index (χ1) is 7.56. The Kier molecular flexibility index (Phi) is 3.01. The Morgan fingerprint density at radius 1 is 1.12 bits per heavy atom. The minimum atomic E-state index is -3.14. The Morgan fingerprint density at radius 3 is 2.19 bits per heavy atom. The van der Waals surface area contributed by atoms with Crippen molar-refractivity contribution < 1.29 is 8.42 Å². The molecule has 1 aromatic rings. The van der Waals surface area contributed by atoms with Crippen LogP contribution < -0.4 is 9.21 Å². The van der Waals surface area contributed by atoms with E-state index in [0.717, 1.165) is 18.8 Å². The lowest BCUT2D eigenvalue weighted by Gasteiger charge is -2.38. The Hall–Kier alpha value is -0.910. The van der Waals surface area contributed by atoms with Gasteiger partial charge in [-0.05, 0) is 0 Å². The molecule has 2 rings (SSSR count). The summed E-state index contributed by atoms with van der Waals surface area (Å²) in [6.45, 7) is 2.68. The molecule has 4 nitrogen and oxygen atoms in total. The number of hydrogen-bond acceptors (Lipinski definition) is 3. The molecule has 5 heteroatoms. The molecular weight excluding hydrogens is 224 g/mol. The predicted octanol–water partition coefficient (Wildman–Crippen LogP) is 0.557. The van der Waals surface area contributed by atoms with E-state index >= 15 is 0 Å². The molecule has 1 aliphatic rings. The summed E-state index contributed by atoms with van der Waals surface area (Å²) in [4.78, 5) is 0. The molecule has 0 bridgehead atoms. The molecule has 0 atom stereocenters. The van der Waals surface area contributed by atoms with Crippen molar-refractivity contribution in [3.63, 3.8) is 0 Å². The third kappa shape index (κ3) is 1.86. The van der Waals surface area contributed by atoms with Gasteiger partial charge in [-0.2, -0.15) is 12.3 Å². The second-order valence-corrected chi connectivity index (χ2v) is 6.32. The highest BCUT2D eigenvalue weighted by Crippen LogP contribution is 2.27. The number of piperazine rings is 1. The first-order valence-corrected chi connectivity index (χ1v) is 7.25. The average Bonchev–Trinajstić information content (AvgIpc) is 2.30. The number of para-hydroxylation sites is 1. The third-order valence-electron chi connectivity index (χ3n) is 3.16. The van der Waals surface area contributed by atoms with Crippen molar-refractivity contribution in [2.45, 2.75) is 0 Å². The zero-order valence-corrected chi connectivity index (χ0v) is 10.2. The van der Waals surface area contributed by atoms with Crippen LogP contribution >= 0.6 is 0 Å². The molecule has 16 heavy (non-hydrogen) atoms. The fourth-order valence-corrected chi connectivity index (χ4v) is 3.59. The Bertz CT molecular complexity index is 450. The zero-order chi connectivity index (χ0) is 11.6. The lowest BCUT2D eigenvalue weighted by atomic mass is 10.2. The molecule has 1 aliphatic heterocycles. The van der Waals surface area contributed by atoms with Crippen molar-refractivity contribution in [2.24, 2.45) is 0 Å². The van der Waals surface area contributed by atoms with Crippen molar-refractivity contribution in [1.29, 1.82) is 0 Å². The molecule has 88 valence electrons. The summed E-state index contributed by atoms with van der Waals surface area (Å²) < 4.78 is 24.2. The van der Waals surface area contributed by atoms with Gasteiger partial charge >= 0.3 is 0 Å². The highest BCUT2D eigenvalue weighted by Gasteiger charge is 2.41. The Labute approximate surface area is 96.5 Å². The maximum atomic E-state index is 12.1. The van der Waals surface area contributed by atoms with E-state index in [1.165, 1.54) is 6.26 Å². The van der Waals surface area contributed by atoms with E-state index < -0.39 is 10.0 Å². The summed E-state index contributed by atoms with van der Waals surface area (Å²) in [6.07, 6.45) is 1.32. The Balaban J connectivity index is 2.51. The summed E-state index contributed by atoms with van der Waals surface area (Å²) in [6, 6.07) is 9.48. The first-order valence-electron chi connectivity index (χ1n) is 5.40. The third-order valence-corrected chi connectivity index (χ3v) is 5.01. The van der Waals surface area contributed by atoms with Crippen LogP contribution in [0.1, 0.15) is 0 Å². The first kappa shape index (κ1) is 11.6. The SMILES string of the molecule is CS(=O)(=O)[N+]1(c2ccccc2)CCNCC1. The van der Waals surface area contributed by atoms with Crippen LogP contribution in [0.15, 0.2) is 30.3 Å². The van der Waals surface area contributed by atoms with Gasteiger partial charge in [0.1, 0.15) is 18.8 Å². The van der Waals surface area contributed by atoms with Crippen LogP contribution in [0.3, 0.4) is 0 Å². The number of benzene rings is 1. The van der Waals surface area contributed by atoms with Gasteiger partial charge in [0.05, 0.1) is 6.26 Å². The van der Waals surface area contributed by atoms with Crippen LogP contribution in [0.2, 0.25) is 0 Å². The van der Waals surface area contributed by atoms with Gasteiger partial charge < -0.3 is 5.32 Å². The molecule has 0 aromatic heterocycles. The standard InChI is InChI=1S/C11H17N2O2S/c1-16(14,15)13(9-7-12-8-10-13)11-5-3-2-4-6-11/h2-6,12H,7-10H2,1H3/q+1. The molecule has 1 N–H and O–H groups in total. The summed E-state index contributed by atoms with van der Waals surface area (Å²) >= 11 is 0. The monoisotopic (exact) mass is 241 g/mol. The maximum absolute atomic E-state index is 12.1. The van der Waals surface area contributed by atoms with E-state index in [1.807, 2.05) is 30.3 Å². The van der Waals surface area contributed by atoms with Crippen LogP contribution in [-0.2, 0) is 10.0 Å². The average molecular weight is 241 g/mol. The van der Waals surface area contributed by atoms with Crippen LogP contribution in [0, 0.1) is 0 Å². The minimum Gasteiger partial charge on any atom is -0.306 e. The van der Waals surface area contributed by atoms with Crippen molar-refractivity contribution in [3.05, 3.63) is 30.3 Å². The van der Waals surface area contributed by atoms with Gasteiger partial charge in [0.2, 0.25) is 0 Å². The Morgan fingerprint density at radius 2 is 1.69 bits per heavy atom. The van der Waals surface area contributed by atoms with Gasteiger partial charge in [0.15, 0.2) is 0 Å². The van der Waals surface area contributed by atoms with E-state index in [4.69, 9.17) is 0 Å². The number of nitrogens with one attached hydrogen (secondary N) is 1. The molecule has 0 aliphatic carbocycles. The molecule has 1 saturated heterocycles. The largest absolute Gasteiger partial charge is 0.306 e. The van der Waals surface area contributed by atoms with Gasteiger partial charge in [-0.3, -0.25) is 0 Å². The van der Waals surface area contributed by atoms with Crippen LogP contribution in [-0.4, -0.2) is 40.9 Å². The second kappa shape index (κ2) is 4.16. The molecule has 0 unspecified atom stereocenters. The van der Waals surface area contributed by atoms with Crippen LogP contribution in [0.4, 0.5) is 5.69 Å². The summed E-state index contributed by atoms with van der Waals surface area (Å²) in [5.74, 6) is 0. The number of sulfonamides is 1. The zero-order valence-electron chi connectivity index (χ0n) is 9.39. The van der Waals surface area contributed by atoms with E-state index in [0.29, 0.717) is 13.1 Å². The van der Waals surface area contributed by atoms with Gasteiger partial charge in [-0.15, -0.1) is 0 Å². The van der Waals surface area contributed by atoms with Gasteiger partial charge in [-0.25, -0.2) is 0 Å². The minimum absolute atomic E-state index is 0.0703. The normalized spacial score (nSPS) is 20.6. The molecule has 0 spiro atoms.